The van der Waals surface area contributed by atoms with Gasteiger partial charge in [-0.1, -0.05) is 13.3 Å². The highest BCUT2D eigenvalue weighted by Crippen LogP contribution is 2.28. The van der Waals surface area contributed by atoms with Gasteiger partial charge in [-0.3, -0.25) is 9.25 Å². The third-order valence-corrected chi connectivity index (χ3v) is 3.59. The van der Waals surface area contributed by atoms with Gasteiger partial charge in [0.05, 0.1) is 5.69 Å². The Hall–Kier alpha value is -1.10. The summed E-state index contributed by atoms with van der Waals surface area (Å²) in [6.45, 7) is 8.65. The first-order chi connectivity index (χ1) is 7.88. The maximum atomic E-state index is 5.45. The summed E-state index contributed by atoms with van der Waals surface area (Å²) in [6.07, 6.45) is 2.23. The second kappa shape index (κ2) is 3.98. The van der Waals surface area contributed by atoms with Gasteiger partial charge in [-0.15, -0.1) is 0 Å². The number of fused-ring (bicyclic) bond motifs is 1. The molecular formula is C12H20N4S. The number of aromatic nitrogens is 4. The number of H-pyrrole nitrogens is 1. The predicted octanol–water partition coefficient (Wildman–Crippen LogP) is 3.28. The number of imidazole rings is 1. The van der Waals surface area contributed by atoms with E-state index in [0.29, 0.717) is 0 Å². The van der Waals surface area contributed by atoms with Crippen LogP contribution in [0.2, 0.25) is 0 Å². The molecule has 2 rings (SSSR count). The van der Waals surface area contributed by atoms with Crippen LogP contribution >= 0.6 is 12.2 Å². The molecule has 0 amide bonds. The quantitative estimate of drug-likeness (QED) is 0.851. The Morgan fingerprint density at radius 1 is 1.41 bits per heavy atom. The molecule has 94 valence electrons. The van der Waals surface area contributed by atoms with Gasteiger partial charge in [0, 0.05) is 12.6 Å². The van der Waals surface area contributed by atoms with E-state index in [9.17, 15) is 0 Å². The van der Waals surface area contributed by atoms with Crippen molar-refractivity contribution in [1.29, 1.82) is 0 Å². The van der Waals surface area contributed by atoms with E-state index in [1.165, 1.54) is 0 Å². The van der Waals surface area contributed by atoms with Crippen LogP contribution in [0.5, 0.6) is 0 Å². The van der Waals surface area contributed by atoms with Crippen molar-refractivity contribution in [1.82, 2.24) is 19.3 Å². The first-order valence-corrected chi connectivity index (χ1v) is 6.44. The zero-order valence-electron chi connectivity index (χ0n) is 11.2. The van der Waals surface area contributed by atoms with Crippen molar-refractivity contribution in [3.8, 4) is 0 Å². The highest BCUT2D eigenvalue weighted by molar-refractivity contribution is 7.71. The fourth-order valence-corrected chi connectivity index (χ4v) is 3.03. The number of nitrogens with one attached hydrogen (secondary N) is 1. The Bertz CT molecular complexity index is 600. The monoisotopic (exact) mass is 252 g/mol. The molecule has 5 heteroatoms. The van der Waals surface area contributed by atoms with Gasteiger partial charge in [0.25, 0.3) is 0 Å². The van der Waals surface area contributed by atoms with Crippen LogP contribution in [-0.2, 0) is 12.6 Å². The van der Waals surface area contributed by atoms with Crippen molar-refractivity contribution >= 4 is 23.4 Å². The molecule has 2 aromatic rings. The van der Waals surface area contributed by atoms with Crippen LogP contribution in [0.15, 0.2) is 0 Å². The summed E-state index contributed by atoms with van der Waals surface area (Å²) in [5, 5.41) is 4.44. The van der Waals surface area contributed by atoms with Gasteiger partial charge in [0.1, 0.15) is 5.52 Å². The third kappa shape index (κ3) is 1.82. The minimum Gasteiger partial charge on any atom is -0.328 e. The van der Waals surface area contributed by atoms with E-state index < -0.39 is 0 Å². The second-order valence-electron chi connectivity index (χ2n) is 5.24. The number of aromatic amines is 1. The third-order valence-electron chi connectivity index (χ3n) is 3.31. The standard InChI is InChI=1S/C12H20N4S/c1-6-7-12(3,4)16-10-9(13-11(16)17)8(2)14-15(10)5/h6-7H2,1-5H3,(H,13,17). The maximum Gasteiger partial charge on any atom is 0.179 e. The average Bonchev–Trinajstić information content (AvgIpc) is 2.66. The summed E-state index contributed by atoms with van der Waals surface area (Å²) >= 11 is 5.45. The van der Waals surface area contributed by atoms with Crippen molar-refractivity contribution in [3.63, 3.8) is 0 Å². The van der Waals surface area contributed by atoms with E-state index in [0.717, 1.165) is 34.5 Å². The lowest BCUT2D eigenvalue weighted by Gasteiger charge is -2.26. The lowest BCUT2D eigenvalue weighted by Crippen LogP contribution is -2.27. The number of hydrogen-bond donors (Lipinski definition) is 1. The summed E-state index contributed by atoms with van der Waals surface area (Å²) in [7, 11) is 1.97. The van der Waals surface area contributed by atoms with Crippen molar-refractivity contribution in [2.45, 2.75) is 46.1 Å². The molecule has 0 atom stereocenters. The predicted molar refractivity (Wildman–Crippen MR) is 72.9 cm³/mol. The molecular weight excluding hydrogens is 232 g/mol. The number of hydrogen-bond acceptors (Lipinski definition) is 2. The van der Waals surface area contributed by atoms with Gasteiger partial charge in [-0.25, -0.2) is 0 Å². The van der Waals surface area contributed by atoms with Gasteiger partial charge >= 0.3 is 0 Å². The lowest BCUT2D eigenvalue weighted by atomic mass is 9.99. The van der Waals surface area contributed by atoms with Crippen LogP contribution in [0.3, 0.4) is 0 Å². The molecule has 4 nitrogen and oxygen atoms in total. The van der Waals surface area contributed by atoms with E-state index in [4.69, 9.17) is 12.2 Å². The molecule has 0 fully saturated rings. The number of aryl methyl sites for hydroxylation is 2. The van der Waals surface area contributed by atoms with Crippen molar-refractivity contribution in [2.24, 2.45) is 7.05 Å². The molecule has 2 aromatic heterocycles. The number of rotatable bonds is 3. The van der Waals surface area contributed by atoms with Gasteiger partial charge < -0.3 is 4.98 Å². The molecule has 2 heterocycles. The molecule has 0 aliphatic heterocycles. The molecule has 0 bridgehead atoms. The molecule has 0 saturated heterocycles. The van der Waals surface area contributed by atoms with Crippen molar-refractivity contribution < 1.29 is 0 Å². The van der Waals surface area contributed by atoms with Crippen molar-refractivity contribution in [2.75, 3.05) is 0 Å². The Morgan fingerprint density at radius 3 is 2.65 bits per heavy atom. The van der Waals surface area contributed by atoms with Gasteiger partial charge in [-0.2, -0.15) is 5.10 Å². The van der Waals surface area contributed by atoms with E-state index in [-0.39, 0.29) is 5.54 Å². The molecule has 0 saturated carbocycles. The van der Waals surface area contributed by atoms with Crippen LogP contribution in [0, 0.1) is 11.7 Å². The maximum absolute atomic E-state index is 5.45. The fourth-order valence-electron chi connectivity index (χ4n) is 2.59. The first kappa shape index (κ1) is 12.4. The fraction of sp³-hybridized carbons (Fsp3) is 0.667. The van der Waals surface area contributed by atoms with E-state index in [1.54, 1.807) is 0 Å². The molecule has 1 N–H and O–H groups in total. The van der Waals surface area contributed by atoms with Gasteiger partial charge in [0.15, 0.2) is 10.4 Å². The van der Waals surface area contributed by atoms with Crippen LogP contribution in [0.4, 0.5) is 0 Å². The molecule has 0 radical (unpaired) electrons. The number of nitrogens with zero attached hydrogens (tertiary/aromatic N) is 3. The summed E-state index contributed by atoms with van der Waals surface area (Å²) < 4.78 is 4.89. The highest BCUT2D eigenvalue weighted by Gasteiger charge is 2.25. The average molecular weight is 252 g/mol. The molecule has 0 unspecified atom stereocenters. The van der Waals surface area contributed by atoms with E-state index in [2.05, 4.69) is 35.4 Å². The molecule has 0 aliphatic rings. The SMILES string of the molecule is CCCC(C)(C)n1c(=S)[nH]c2c(C)nn(C)c21. The topological polar surface area (TPSA) is 38.5 Å². The van der Waals surface area contributed by atoms with Crippen LogP contribution in [0.25, 0.3) is 11.2 Å². The smallest absolute Gasteiger partial charge is 0.179 e. The zero-order valence-corrected chi connectivity index (χ0v) is 12.0. The summed E-state index contributed by atoms with van der Waals surface area (Å²) in [5.74, 6) is 0. The Labute approximate surface area is 107 Å². The largest absolute Gasteiger partial charge is 0.328 e. The second-order valence-corrected chi connectivity index (χ2v) is 5.62. The summed E-state index contributed by atoms with van der Waals surface area (Å²) in [4.78, 5) is 3.28. The van der Waals surface area contributed by atoms with Crippen LogP contribution < -0.4 is 0 Å². The van der Waals surface area contributed by atoms with Crippen LogP contribution in [-0.4, -0.2) is 19.3 Å². The Balaban J connectivity index is 2.77. The molecule has 0 aromatic carbocycles. The minimum absolute atomic E-state index is 0.0182. The summed E-state index contributed by atoms with van der Waals surface area (Å²) in [6, 6.07) is 0. The Morgan fingerprint density at radius 2 is 2.06 bits per heavy atom. The molecule has 0 spiro atoms. The first-order valence-electron chi connectivity index (χ1n) is 6.03. The summed E-state index contributed by atoms with van der Waals surface area (Å²) in [5.41, 5.74) is 3.16. The van der Waals surface area contributed by atoms with E-state index >= 15 is 0 Å². The van der Waals surface area contributed by atoms with Gasteiger partial charge in [-0.05, 0) is 39.4 Å². The van der Waals surface area contributed by atoms with Crippen molar-refractivity contribution in [3.05, 3.63) is 10.5 Å². The van der Waals surface area contributed by atoms with Crippen LogP contribution in [0.1, 0.15) is 39.3 Å². The minimum atomic E-state index is 0.0182. The normalized spacial score (nSPS) is 12.5. The van der Waals surface area contributed by atoms with Gasteiger partial charge in [0.2, 0.25) is 0 Å². The molecule has 0 aliphatic carbocycles. The van der Waals surface area contributed by atoms with E-state index in [1.807, 2.05) is 18.7 Å². The lowest BCUT2D eigenvalue weighted by molar-refractivity contribution is 0.325. The zero-order chi connectivity index (χ0) is 12.8. The Kier molecular flexibility index (Phi) is 2.89. The highest BCUT2D eigenvalue weighted by atomic mass is 32.1. The molecule has 17 heavy (non-hydrogen) atoms.